The Kier molecular flexibility index (Phi) is 3.59. The number of aromatic amines is 1. The van der Waals surface area contributed by atoms with Crippen molar-refractivity contribution >= 4 is 0 Å². The van der Waals surface area contributed by atoms with Crippen molar-refractivity contribution in [3.05, 3.63) is 71.5 Å². The summed E-state index contributed by atoms with van der Waals surface area (Å²) < 4.78 is 0. The van der Waals surface area contributed by atoms with Crippen LogP contribution >= 0.6 is 0 Å². The van der Waals surface area contributed by atoms with E-state index in [4.69, 9.17) is 0 Å². The number of H-pyrrole nitrogens is 1. The number of rotatable bonds is 4. The second kappa shape index (κ2) is 5.70. The number of nitrogens with one attached hydrogen (secondary N) is 1. The van der Waals surface area contributed by atoms with E-state index in [0.717, 1.165) is 30.1 Å². The maximum absolute atomic E-state index is 4.56. The van der Waals surface area contributed by atoms with Crippen molar-refractivity contribution in [1.29, 1.82) is 0 Å². The van der Waals surface area contributed by atoms with Crippen LogP contribution in [0.15, 0.2) is 54.6 Å². The molecule has 0 fully saturated rings. The van der Waals surface area contributed by atoms with Crippen LogP contribution in [-0.2, 0) is 12.8 Å². The molecular formula is C17H17N3. The summed E-state index contributed by atoms with van der Waals surface area (Å²) in [5.74, 6) is 1.71. The zero-order chi connectivity index (χ0) is 13.8. The average Bonchev–Trinajstić information content (AvgIpc) is 2.96. The maximum Gasteiger partial charge on any atom is 0.181 e. The second-order valence-electron chi connectivity index (χ2n) is 4.90. The summed E-state index contributed by atoms with van der Waals surface area (Å²) >= 11 is 0. The van der Waals surface area contributed by atoms with E-state index in [1.54, 1.807) is 0 Å². The molecule has 0 atom stereocenters. The van der Waals surface area contributed by atoms with Crippen LogP contribution in [-0.4, -0.2) is 15.2 Å². The molecule has 0 spiro atoms. The van der Waals surface area contributed by atoms with Gasteiger partial charge in [-0.2, -0.15) is 5.10 Å². The van der Waals surface area contributed by atoms with Gasteiger partial charge in [0.05, 0.1) is 0 Å². The van der Waals surface area contributed by atoms with Gasteiger partial charge in [0.1, 0.15) is 5.82 Å². The molecule has 0 bridgehead atoms. The first-order valence-electron chi connectivity index (χ1n) is 6.84. The SMILES string of the molecule is Cc1ccccc1CCc1nc(-c2ccccc2)n[nH]1. The number of aryl methyl sites for hydroxylation is 3. The Labute approximate surface area is 118 Å². The summed E-state index contributed by atoms with van der Waals surface area (Å²) in [5.41, 5.74) is 3.74. The first kappa shape index (κ1) is 12.6. The van der Waals surface area contributed by atoms with Crippen molar-refractivity contribution in [3.8, 4) is 11.4 Å². The Bertz CT molecular complexity index is 686. The minimum Gasteiger partial charge on any atom is -0.263 e. The van der Waals surface area contributed by atoms with Crippen LogP contribution in [0.2, 0.25) is 0 Å². The Morgan fingerprint density at radius 3 is 2.45 bits per heavy atom. The van der Waals surface area contributed by atoms with Crippen LogP contribution in [0.25, 0.3) is 11.4 Å². The lowest BCUT2D eigenvalue weighted by atomic mass is 10.0. The molecule has 0 unspecified atom stereocenters. The molecule has 1 heterocycles. The van der Waals surface area contributed by atoms with Crippen molar-refractivity contribution in [3.63, 3.8) is 0 Å². The van der Waals surface area contributed by atoms with Gasteiger partial charge in [0, 0.05) is 12.0 Å². The predicted octanol–water partition coefficient (Wildman–Crippen LogP) is 3.57. The molecule has 0 amide bonds. The zero-order valence-electron chi connectivity index (χ0n) is 11.5. The molecule has 3 heteroatoms. The number of nitrogens with zero attached hydrogens (tertiary/aromatic N) is 2. The molecular weight excluding hydrogens is 246 g/mol. The van der Waals surface area contributed by atoms with Gasteiger partial charge in [0.2, 0.25) is 0 Å². The number of hydrogen-bond donors (Lipinski definition) is 1. The van der Waals surface area contributed by atoms with Gasteiger partial charge in [-0.1, -0.05) is 54.6 Å². The van der Waals surface area contributed by atoms with Crippen LogP contribution in [0.4, 0.5) is 0 Å². The summed E-state index contributed by atoms with van der Waals surface area (Å²) in [5, 5.41) is 7.32. The molecule has 3 rings (SSSR count). The third kappa shape index (κ3) is 2.77. The molecule has 3 nitrogen and oxygen atoms in total. The van der Waals surface area contributed by atoms with Crippen molar-refractivity contribution < 1.29 is 0 Å². The van der Waals surface area contributed by atoms with Crippen molar-refractivity contribution in [2.24, 2.45) is 0 Å². The van der Waals surface area contributed by atoms with Gasteiger partial charge in [-0.15, -0.1) is 0 Å². The summed E-state index contributed by atoms with van der Waals surface area (Å²) in [4.78, 5) is 4.56. The van der Waals surface area contributed by atoms with Gasteiger partial charge >= 0.3 is 0 Å². The molecule has 0 saturated heterocycles. The first-order chi connectivity index (χ1) is 9.83. The van der Waals surface area contributed by atoms with Crippen molar-refractivity contribution in [1.82, 2.24) is 15.2 Å². The highest BCUT2D eigenvalue weighted by molar-refractivity contribution is 5.53. The van der Waals surface area contributed by atoms with Crippen LogP contribution in [0, 0.1) is 6.92 Å². The topological polar surface area (TPSA) is 41.6 Å². The molecule has 1 N–H and O–H groups in total. The lowest BCUT2D eigenvalue weighted by molar-refractivity contribution is 0.860. The van der Waals surface area contributed by atoms with E-state index in [-0.39, 0.29) is 0 Å². The Hall–Kier alpha value is -2.42. The normalized spacial score (nSPS) is 10.7. The van der Waals surface area contributed by atoms with E-state index in [0.29, 0.717) is 0 Å². The molecule has 100 valence electrons. The van der Waals surface area contributed by atoms with Crippen LogP contribution < -0.4 is 0 Å². The maximum atomic E-state index is 4.56. The van der Waals surface area contributed by atoms with Gasteiger partial charge in [-0.25, -0.2) is 4.98 Å². The minimum atomic E-state index is 0.769. The van der Waals surface area contributed by atoms with Crippen LogP contribution in [0.5, 0.6) is 0 Å². The highest BCUT2D eigenvalue weighted by Gasteiger charge is 2.06. The summed E-state index contributed by atoms with van der Waals surface area (Å²) in [6.45, 7) is 2.14. The Morgan fingerprint density at radius 1 is 0.900 bits per heavy atom. The summed E-state index contributed by atoms with van der Waals surface area (Å²) in [6, 6.07) is 18.5. The van der Waals surface area contributed by atoms with Crippen molar-refractivity contribution in [2.75, 3.05) is 0 Å². The minimum absolute atomic E-state index is 0.769. The second-order valence-corrected chi connectivity index (χ2v) is 4.90. The van der Waals surface area contributed by atoms with E-state index < -0.39 is 0 Å². The predicted molar refractivity (Wildman–Crippen MR) is 80.4 cm³/mol. The lowest BCUT2D eigenvalue weighted by Gasteiger charge is -2.03. The van der Waals surface area contributed by atoms with Gasteiger partial charge < -0.3 is 0 Å². The fourth-order valence-corrected chi connectivity index (χ4v) is 2.27. The van der Waals surface area contributed by atoms with Crippen LogP contribution in [0.1, 0.15) is 17.0 Å². The van der Waals surface area contributed by atoms with Gasteiger partial charge in [0.25, 0.3) is 0 Å². The highest BCUT2D eigenvalue weighted by Crippen LogP contribution is 2.15. The third-order valence-electron chi connectivity index (χ3n) is 3.46. The van der Waals surface area contributed by atoms with Crippen molar-refractivity contribution in [2.45, 2.75) is 19.8 Å². The molecule has 0 aliphatic heterocycles. The van der Waals surface area contributed by atoms with E-state index in [1.165, 1.54) is 11.1 Å². The molecule has 2 aromatic carbocycles. The molecule has 0 aliphatic carbocycles. The lowest BCUT2D eigenvalue weighted by Crippen LogP contribution is -1.95. The molecule has 0 saturated carbocycles. The average molecular weight is 263 g/mol. The molecule has 0 radical (unpaired) electrons. The smallest absolute Gasteiger partial charge is 0.181 e. The van der Waals surface area contributed by atoms with E-state index in [2.05, 4.69) is 46.4 Å². The van der Waals surface area contributed by atoms with E-state index in [9.17, 15) is 0 Å². The molecule has 3 aromatic rings. The van der Waals surface area contributed by atoms with Gasteiger partial charge in [-0.3, -0.25) is 5.10 Å². The number of aromatic nitrogens is 3. The Balaban J connectivity index is 1.71. The van der Waals surface area contributed by atoms with Crippen LogP contribution in [0.3, 0.4) is 0 Å². The first-order valence-corrected chi connectivity index (χ1v) is 6.84. The number of benzene rings is 2. The zero-order valence-corrected chi connectivity index (χ0v) is 11.5. The fourth-order valence-electron chi connectivity index (χ4n) is 2.27. The van der Waals surface area contributed by atoms with Gasteiger partial charge in [0.15, 0.2) is 5.82 Å². The Morgan fingerprint density at radius 2 is 1.65 bits per heavy atom. The number of hydrogen-bond acceptors (Lipinski definition) is 2. The third-order valence-corrected chi connectivity index (χ3v) is 3.46. The molecule has 20 heavy (non-hydrogen) atoms. The van der Waals surface area contributed by atoms with E-state index >= 15 is 0 Å². The van der Waals surface area contributed by atoms with Gasteiger partial charge in [-0.05, 0) is 24.5 Å². The van der Waals surface area contributed by atoms with E-state index in [1.807, 2.05) is 30.3 Å². The summed E-state index contributed by atoms with van der Waals surface area (Å²) in [6.07, 6.45) is 1.86. The highest BCUT2D eigenvalue weighted by atomic mass is 15.2. The monoisotopic (exact) mass is 263 g/mol. The summed E-state index contributed by atoms with van der Waals surface area (Å²) in [7, 11) is 0. The fraction of sp³-hybridized carbons (Fsp3) is 0.176. The molecule has 1 aromatic heterocycles. The molecule has 0 aliphatic rings. The largest absolute Gasteiger partial charge is 0.263 e. The quantitative estimate of drug-likeness (QED) is 0.782. The standard InChI is InChI=1S/C17H17N3/c1-13-7-5-6-8-14(13)11-12-16-18-17(20-19-16)15-9-3-2-4-10-15/h2-10H,11-12H2,1H3,(H,18,19,20).